The molecule has 1 aliphatic heterocycles. The Balaban J connectivity index is 2.01. The second kappa shape index (κ2) is 5.00. The molecule has 4 N–H and O–H groups in total. The first kappa shape index (κ1) is 13.3. The molecule has 0 bridgehead atoms. The molecule has 1 saturated heterocycles. The van der Waals surface area contributed by atoms with Gasteiger partial charge in [0, 0.05) is 4.57 Å². The van der Waals surface area contributed by atoms with E-state index in [1.165, 1.54) is 17.2 Å². The normalized spacial score (nSPS) is 27.1. The van der Waals surface area contributed by atoms with E-state index in [0.717, 1.165) is 0 Å². The highest BCUT2D eigenvalue weighted by atomic mass is 31.1. The van der Waals surface area contributed by atoms with Gasteiger partial charge in [0.15, 0.2) is 23.8 Å². The first-order valence-corrected chi connectivity index (χ1v) is 6.76. The molecule has 1 aliphatic rings. The summed E-state index contributed by atoms with van der Waals surface area (Å²) < 4.78 is 22.5. The van der Waals surface area contributed by atoms with Gasteiger partial charge in [-0.05, 0) is 0 Å². The molecule has 2 aromatic rings. The van der Waals surface area contributed by atoms with Gasteiger partial charge in [0.2, 0.25) is 0 Å². The third-order valence-corrected chi connectivity index (χ3v) is 3.39. The van der Waals surface area contributed by atoms with E-state index in [0.29, 0.717) is 11.2 Å². The number of aromatic nitrogens is 4. The van der Waals surface area contributed by atoms with Crippen LogP contribution in [-0.4, -0.2) is 48.3 Å². The van der Waals surface area contributed by atoms with Crippen LogP contribution in [0.1, 0.15) is 6.23 Å². The van der Waals surface area contributed by atoms with Gasteiger partial charge in [-0.15, -0.1) is 9.42 Å². The lowest BCUT2D eigenvalue weighted by Gasteiger charge is -2.16. The smallest absolute Gasteiger partial charge is 0.388 e. The fourth-order valence-electron chi connectivity index (χ4n) is 2.10. The third kappa shape index (κ3) is 2.13. The minimum absolute atomic E-state index is 0.0290. The van der Waals surface area contributed by atoms with E-state index >= 15 is 0 Å². The molecule has 0 aliphatic carbocycles. The van der Waals surface area contributed by atoms with E-state index in [4.69, 9.17) is 19.9 Å². The number of hydrogen-bond donors (Lipinski definition) is 3. The van der Waals surface area contributed by atoms with Gasteiger partial charge in [-0.1, -0.05) is 0 Å². The Morgan fingerprint density at radius 1 is 1.50 bits per heavy atom. The van der Waals surface area contributed by atoms with Crippen molar-refractivity contribution >= 4 is 25.2 Å². The Bertz CT molecular complexity index is 663. The molecule has 11 heteroatoms. The molecule has 0 amide bonds. The van der Waals surface area contributed by atoms with Crippen LogP contribution in [-0.2, 0) is 13.8 Å². The Morgan fingerprint density at radius 3 is 3.05 bits per heavy atom. The molecule has 3 unspecified atom stereocenters. The molecule has 3 rings (SSSR count). The Kier molecular flexibility index (Phi) is 3.32. The van der Waals surface area contributed by atoms with Gasteiger partial charge in [-0.25, -0.2) is 15.0 Å². The number of nitrogen functional groups attached to an aromatic ring is 1. The maximum absolute atomic E-state index is 10.8. The molecule has 10 nitrogen and oxygen atoms in total. The van der Waals surface area contributed by atoms with Gasteiger partial charge in [0.1, 0.15) is 17.9 Å². The van der Waals surface area contributed by atoms with Crippen LogP contribution in [0.2, 0.25) is 0 Å². The number of anilines is 1. The number of ether oxygens (including phenoxy) is 1. The summed E-state index contributed by atoms with van der Waals surface area (Å²) in [5.74, 6) is 0.206. The molecule has 106 valence electrons. The lowest BCUT2D eigenvalue weighted by Crippen LogP contribution is -2.29. The molecule has 0 aromatic carbocycles. The molecule has 0 radical (unpaired) electrons. The predicted octanol–water partition coefficient (Wildman–Crippen LogP) is -0.667. The van der Waals surface area contributed by atoms with Crippen molar-refractivity contribution in [2.45, 2.75) is 18.4 Å². The Labute approximate surface area is 113 Å². The zero-order chi connectivity index (χ0) is 14.3. The minimum atomic E-state index is -2.87. The molecular formula is C9H11N5O5P+. The number of rotatable bonds is 3. The van der Waals surface area contributed by atoms with Crippen molar-refractivity contribution in [2.75, 3.05) is 12.3 Å². The van der Waals surface area contributed by atoms with Crippen molar-refractivity contribution in [2.24, 2.45) is 0 Å². The first-order valence-electron chi connectivity index (χ1n) is 5.63. The molecule has 0 spiro atoms. The summed E-state index contributed by atoms with van der Waals surface area (Å²) in [6.07, 6.45) is -0.182. The van der Waals surface area contributed by atoms with Crippen LogP contribution >= 0.6 is 8.25 Å². The number of imidazole rings is 1. The molecule has 0 saturated carbocycles. The molecule has 20 heavy (non-hydrogen) atoms. The lowest BCUT2D eigenvalue weighted by atomic mass is 10.2. The van der Waals surface area contributed by atoms with E-state index in [1.807, 2.05) is 0 Å². The number of fused-ring (bicyclic) bond motifs is 1. The van der Waals surface area contributed by atoms with Gasteiger partial charge in [-0.3, -0.25) is 4.57 Å². The molecule has 4 atom stereocenters. The predicted molar refractivity (Wildman–Crippen MR) is 65.4 cm³/mol. The van der Waals surface area contributed by atoms with Gasteiger partial charge in [-0.2, -0.15) is 0 Å². The lowest BCUT2D eigenvalue weighted by molar-refractivity contribution is -0.00372. The summed E-state index contributed by atoms with van der Waals surface area (Å²) in [5.41, 5.74) is 6.44. The maximum atomic E-state index is 10.8. The van der Waals surface area contributed by atoms with E-state index < -0.39 is 26.7 Å². The van der Waals surface area contributed by atoms with Crippen molar-refractivity contribution in [1.82, 2.24) is 19.5 Å². The summed E-state index contributed by atoms with van der Waals surface area (Å²) >= 11 is 0. The maximum Gasteiger partial charge on any atom is 0.695 e. The van der Waals surface area contributed by atoms with Crippen LogP contribution in [0.3, 0.4) is 0 Å². The molecule has 2 aromatic heterocycles. The van der Waals surface area contributed by atoms with E-state index in [1.54, 1.807) is 0 Å². The minimum Gasteiger partial charge on any atom is -0.388 e. The highest BCUT2D eigenvalue weighted by Gasteiger charge is 2.45. The van der Waals surface area contributed by atoms with Gasteiger partial charge in [0.25, 0.3) is 0 Å². The first-order chi connectivity index (χ1) is 9.58. The van der Waals surface area contributed by atoms with Gasteiger partial charge in [0.05, 0.1) is 12.9 Å². The average molecular weight is 300 g/mol. The summed E-state index contributed by atoms with van der Waals surface area (Å²) in [5, 5.41) is 9.75. The van der Waals surface area contributed by atoms with Crippen molar-refractivity contribution in [1.29, 1.82) is 0 Å². The number of nitrogens with zero attached hydrogens (tertiary/aromatic N) is 4. The van der Waals surface area contributed by atoms with Crippen molar-refractivity contribution in [3.8, 4) is 0 Å². The number of aliphatic hydroxyl groups is 1. The summed E-state index contributed by atoms with van der Waals surface area (Å²) in [6.45, 7) is -0.0290. The Morgan fingerprint density at radius 2 is 2.30 bits per heavy atom. The van der Waals surface area contributed by atoms with Crippen LogP contribution < -0.4 is 5.73 Å². The Hall–Kier alpha value is -1.71. The highest BCUT2D eigenvalue weighted by Crippen LogP contribution is 2.34. The largest absolute Gasteiger partial charge is 0.695 e. The third-order valence-electron chi connectivity index (χ3n) is 2.97. The standard InChI is InChI=1S/C9H10N5O5P/c10-7-5-8(12-2-11-7)14(3-13-5)9-6(19-20(16)17)4(15)1-18-9/h2-4,6,9,15H,1H2,(H2-,10,11,12,16,17)/p+1/t4?,6?,9-/m1/s1. The van der Waals surface area contributed by atoms with E-state index in [2.05, 4.69) is 15.0 Å². The van der Waals surface area contributed by atoms with Crippen LogP contribution in [0.5, 0.6) is 0 Å². The fraction of sp³-hybridized carbons (Fsp3) is 0.444. The summed E-state index contributed by atoms with van der Waals surface area (Å²) in [6, 6.07) is 0. The van der Waals surface area contributed by atoms with Crippen molar-refractivity contribution < 1.29 is 23.8 Å². The quantitative estimate of drug-likeness (QED) is 0.628. The van der Waals surface area contributed by atoms with Crippen molar-refractivity contribution in [3.63, 3.8) is 0 Å². The number of aliphatic hydroxyl groups excluding tert-OH is 1. The monoisotopic (exact) mass is 300 g/mol. The topological polar surface area (TPSA) is 146 Å². The second-order valence-corrected chi connectivity index (χ2v) is 4.87. The molecular weight excluding hydrogens is 289 g/mol. The SMILES string of the molecule is Nc1ncnc2c1ncn2[C@@H]1OCC(O)C1O[P+](=O)O. The number of hydrogen-bond acceptors (Lipinski definition) is 8. The molecule has 3 heterocycles. The number of nitrogens with two attached hydrogens (primary N) is 1. The zero-order valence-corrected chi connectivity index (χ0v) is 10.9. The van der Waals surface area contributed by atoms with Gasteiger partial charge >= 0.3 is 8.25 Å². The highest BCUT2D eigenvalue weighted by molar-refractivity contribution is 7.32. The zero-order valence-electron chi connectivity index (χ0n) is 10.0. The van der Waals surface area contributed by atoms with Crippen LogP contribution in [0.25, 0.3) is 11.2 Å². The van der Waals surface area contributed by atoms with Crippen LogP contribution in [0.15, 0.2) is 12.7 Å². The summed E-state index contributed by atoms with van der Waals surface area (Å²) in [4.78, 5) is 20.8. The van der Waals surface area contributed by atoms with Crippen LogP contribution in [0, 0.1) is 0 Å². The van der Waals surface area contributed by atoms with E-state index in [-0.39, 0.29) is 12.4 Å². The van der Waals surface area contributed by atoms with Gasteiger partial charge < -0.3 is 15.6 Å². The average Bonchev–Trinajstić information content (AvgIpc) is 2.95. The summed E-state index contributed by atoms with van der Waals surface area (Å²) in [7, 11) is -2.87. The van der Waals surface area contributed by atoms with E-state index in [9.17, 15) is 9.67 Å². The van der Waals surface area contributed by atoms with Crippen molar-refractivity contribution in [3.05, 3.63) is 12.7 Å². The second-order valence-electron chi connectivity index (χ2n) is 4.18. The fourth-order valence-corrected chi connectivity index (χ4v) is 2.55. The molecule has 1 fully saturated rings. The van der Waals surface area contributed by atoms with Crippen LogP contribution in [0.4, 0.5) is 5.82 Å².